The summed E-state index contributed by atoms with van der Waals surface area (Å²) in [5.74, 6) is -0.758. The molecule has 1 rings (SSSR count). The predicted molar refractivity (Wildman–Crippen MR) is 70.6 cm³/mol. The van der Waals surface area contributed by atoms with Gasteiger partial charge in [0.05, 0.1) is 0 Å². The van der Waals surface area contributed by atoms with E-state index in [1.165, 1.54) is 0 Å². The summed E-state index contributed by atoms with van der Waals surface area (Å²) in [6.07, 6.45) is 0.315. The number of carboxylic acid groups (broad SMARTS) is 1. The number of carboxylic acids is 1. The van der Waals surface area contributed by atoms with Crippen LogP contribution in [0.5, 0.6) is 5.75 Å². The van der Waals surface area contributed by atoms with Crippen molar-refractivity contribution in [3.63, 3.8) is 0 Å². The van der Waals surface area contributed by atoms with Gasteiger partial charge in [0.15, 0.2) is 0 Å². The number of phenols is 1. The highest BCUT2D eigenvalue weighted by Gasteiger charge is 2.45. The molecule has 0 spiro atoms. The Hall–Kier alpha value is -1.16. The van der Waals surface area contributed by atoms with Crippen LogP contribution in [0.25, 0.3) is 0 Å². The zero-order valence-corrected chi connectivity index (χ0v) is 11.2. The number of benzene rings is 1. The zero-order valence-electron chi connectivity index (χ0n) is 10.3. The molecular formula is C13H18O3S. The van der Waals surface area contributed by atoms with E-state index in [1.54, 1.807) is 24.3 Å². The van der Waals surface area contributed by atoms with Crippen LogP contribution in [-0.4, -0.2) is 20.9 Å². The van der Waals surface area contributed by atoms with Gasteiger partial charge in [0.1, 0.15) is 10.5 Å². The van der Waals surface area contributed by atoms with E-state index in [1.807, 2.05) is 20.8 Å². The standard InChI is InChI=1S/C13H18O3S/c1-12(2,3)13(17,11(15)16)8-9-4-6-10(14)7-5-9/h4-7,14,17H,8H2,1-3H3,(H,15,16). The highest BCUT2D eigenvalue weighted by molar-refractivity contribution is 7.82. The summed E-state index contributed by atoms with van der Waals surface area (Å²) >= 11 is 4.37. The SMILES string of the molecule is CC(C)(C)C(S)(Cc1ccc(O)cc1)C(=O)O. The summed E-state index contributed by atoms with van der Waals surface area (Å²) in [4.78, 5) is 11.4. The van der Waals surface area contributed by atoms with E-state index in [2.05, 4.69) is 12.6 Å². The smallest absolute Gasteiger partial charge is 0.320 e. The van der Waals surface area contributed by atoms with Gasteiger partial charge in [0, 0.05) is 0 Å². The molecule has 0 saturated carbocycles. The molecule has 0 aliphatic heterocycles. The van der Waals surface area contributed by atoms with E-state index < -0.39 is 16.1 Å². The van der Waals surface area contributed by atoms with E-state index in [9.17, 15) is 15.0 Å². The first-order valence-electron chi connectivity index (χ1n) is 5.40. The summed E-state index contributed by atoms with van der Waals surface area (Å²) in [7, 11) is 0. The molecule has 1 aromatic rings. The quantitative estimate of drug-likeness (QED) is 0.727. The summed E-state index contributed by atoms with van der Waals surface area (Å²) in [6.45, 7) is 5.57. The second-order valence-corrected chi connectivity index (χ2v) is 6.02. The maximum absolute atomic E-state index is 11.4. The highest BCUT2D eigenvalue weighted by atomic mass is 32.1. The van der Waals surface area contributed by atoms with Crippen molar-refractivity contribution in [3.8, 4) is 5.75 Å². The van der Waals surface area contributed by atoms with Crippen molar-refractivity contribution >= 4 is 18.6 Å². The van der Waals surface area contributed by atoms with Crippen molar-refractivity contribution in [1.82, 2.24) is 0 Å². The lowest BCUT2D eigenvalue weighted by Gasteiger charge is -2.37. The van der Waals surface area contributed by atoms with Gasteiger partial charge in [-0.2, -0.15) is 12.6 Å². The van der Waals surface area contributed by atoms with Crippen LogP contribution in [0, 0.1) is 5.41 Å². The molecule has 1 unspecified atom stereocenters. The van der Waals surface area contributed by atoms with Crippen molar-refractivity contribution in [2.45, 2.75) is 31.9 Å². The first kappa shape index (κ1) is 13.9. The Morgan fingerprint density at radius 2 is 1.71 bits per heavy atom. The van der Waals surface area contributed by atoms with Crippen LogP contribution in [0.3, 0.4) is 0 Å². The van der Waals surface area contributed by atoms with Crippen molar-refractivity contribution in [1.29, 1.82) is 0 Å². The van der Waals surface area contributed by atoms with Crippen LogP contribution in [0.4, 0.5) is 0 Å². The molecule has 0 fully saturated rings. The first-order chi connectivity index (χ1) is 7.67. The fourth-order valence-corrected chi connectivity index (χ4v) is 1.75. The number of rotatable bonds is 3. The van der Waals surface area contributed by atoms with Crippen LogP contribution >= 0.6 is 12.6 Å². The van der Waals surface area contributed by atoms with Gasteiger partial charge < -0.3 is 10.2 Å². The molecule has 3 nitrogen and oxygen atoms in total. The molecule has 0 aromatic heterocycles. The Morgan fingerprint density at radius 3 is 2.06 bits per heavy atom. The lowest BCUT2D eigenvalue weighted by Crippen LogP contribution is -2.47. The fourth-order valence-electron chi connectivity index (χ4n) is 1.57. The van der Waals surface area contributed by atoms with Gasteiger partial charge in [0.2, 0.25) is 0 Å². The molecule has 0 heterocycles. The van der Waals surface area contributed by atoms with E-state index in [0.29, 0.717) is 6.42 Å². The van der Waals surface area contributed by atoms with Gasteiger partial charge >= 0.3 is 5.97 Å². The molecule has 0 amide bonds. The topological polar surface area (TPSA) is 57.5 Å². The van der Waals surface area contributed by atoms with E-state index in [4.69, 9.17) is 0 Å². The molecule has 2 N–H and O–H groups in total. The number of hydrogen-bond donors (Lipinski definition) is 3. The second kappa shape index (κ2) is 4.61. The first-order valence-corrected chi connectivity index (χ1v) is 5.85. The Kier molecular flexibility index (Phi) is 3.77. The van der Waals surface area contributed by atoms with Crippen LogP contribution in [-0.2, 0) is 11.2 Å². The summed E-state index contributed by atoms with van der Waals surface area (Å²) in [5.41, 5.74) is 0.370. The maximum atomic E-state index is 11.4. The molecule has 94 valence electrons. The van der Waals surface area contributed by atoms with Crippen molar-refractivity contribution in [2.24, 2.45) is 5.41 Å². The summed E-state index contributed by atoms with van der Waals surface area (Å²) < 4.78 is -1.13. The Balaban J connectivity index is 3.04. The molecule has 0 saturated heterocycles. The van der Waals surface area contributed by atoms with Gasteiger partial charge in [0.25, 0.3) is 0 Å². The number of hydrogen-bond acceptors (Lipinski definition) is 3. The molecule has 0 aliphatic carbocycles. The molecule has 17 heavy (non-hydrogen) atoms. The molecule has 1 aromatic carbocycles. The largest absolute Gasteiger partial charge is 0.508 e. The van der Waals surface area contributed by atoms with Gasteiger partial charge in [-0.05, 0) is 29.5 Å². The Bertz CT molecular complexity index is 406. The third kappa shape index (κ3) is 2.94. The number of carbonyl (C=O) groups is 1. The van der Waals surface area contributed by atoms with Gasteiger partial charge in [-0.3, -0.25) is 4.79 Å². The highest BCUT2D eigenvalue weighted by Crippen LogP contribution is 2.39. The van der Waals surface area contributed by atoms with Crippen molar-refractivity contribution in [3.05, 3.63) is 29.8 Å². The molecular weight excluding hydrogens is 236 g/mol. The predicted octanol–water partition coefficient (Wildman–Crippen LogP) is 2.73. The minimum Gasteiger partial charge on any atom is -0.508 e. The third-order valence-electron chi connectivity index (χ3n) is 2.99. The van der Waals surface area contributed by atoms with E-state index in [0.717, 1.165) is 5.56 Å². The van der Waals surface area contributed by atoms with Crippen molar-refractivity contribution in [2.75, 3.05) is 0 Å². The number of thiol groups is 1. The summed E-state index contributed by atoms with van der Waals surface area (Å²) in [5, 5.41) is 18.5. The lowest BCUT2D eigenvalue weighted by molar-refractivity contribution is -0.142. The number of aliphatic carboxylic acids is 1. The number of phenolic OH excluding ortho intramolecular Hbond substituents is 1. The molecule has 1 atom stereocenters. The maximum Gasteiger partial charge on any atom is 0.320 e. The van der Waals surface area contributed by atoms with E-state index in [-0.39, 0.29) is 5.75 Å². The minimum atomic E-state index is -1.13. The lowest BCUT2D eigenvalue weighted by atomic mass is 9.76. The van der Waals surface area contributed by atoms with Crippen LogP contribution < -0.4 is 0 Å². The average molecular weight is 254 g/mol. The molecule has 0 aliphatic rings. The zero-order chi connectivity index (χ0) is 13.3. The fraction of sp³-hybridized carbons (Fsp3) is 0.462. The van der Waals surface area contributed by atoms with Gasteiger partial charge in [-0.25, -0.2) is 0 Å². The second-order valence-electron chi connectivity index (χ2n) is 5.26. The molecule has 0 bridgehead atoms. The molecule has 4 heteroatoms. The Labute approximate surface area is 107 Å². The van der Waals surface area contributed by atoms with Gasteiger partial charge in [-0.1, -0.05) is 32.9 Å². The average Bonchev–Trinajstić information content (AvgIpc) is 2.19. The van der Waals surface area contributed by atoms with Crippen LogP contribution in [0.2, 0.25) is 0 Å². The minimum absolute atomic E-state index is 0.171. The monoisotopic (exact) mass is 254 g/mol. The third-order valence-corrected chi connectivity index (χ3v) is 4.01. The van der Waals surface area contributed by atoms with Crippen molar-refractivity contribution < 1.29 is 15.0 Å². The van der Waals surface area contributed by atoms with Gasteiger partial charge in [-0.15, -0.1) is 0 Å². The number of aromatic hydroxyl groups is 1. The van der Waals surface area contributed by atoms with E-state index >= 15 is 0 Å². The summed E-state index contributed by atoms with van der Waals surface area (Å²) in [6, 6.07) is 6.53. The van der Waals surface area contributed by atoms with Crippen LogP contribution in [0.1, 0.15) is 26.3 Å². The normalized spacial score (nSPS) is 15.3. The Morgan fingerprint density at radius 1 is 1.24 bits per heavy atom. The van der Waals surface area contributed by atoms with Crippen LogP contribution in [0.15, 0.2) is 24.3 Å². The molecule has 0 radical (unpaired) electrons.